The molecule has 3 aromatic rings. The Bertz CT molecular complexity index is 943. The zero-order valence-electron chi connectivity index (χ0n) is 14.9. The van der Waals surface area contributed by atoms with E-state index < -0.39 is 0 Å². The van der Waals surface area contributed by atoms with Crippen molar-refractivity contribution in [2.45, 2.75) is 5.92 Å². The highest BCUT2D eigenvalue weighted by atomic mass is 16.1. The predicted octanol–water partition coefficient (Wildman–Crippen LogP) is 1.64. The number of benzene rings is 2. The third-order valence-electron chi connectivity index (χ3n) is 4.65. The number of aromatic nitrogens is 3. The van der Waals surface area contributed by atoms with E-state index in [1.165, 1.54) is 5.56 Å². The molecule has 1 fully saturated rings. The van der Waals surface area contributed by atoms with Crippen molar-refractivity contribution in [3.63, 3.8) is 0 Å². The van der Waals surface area contributed by atoms with Gasteiger partial charge in [-0.25, -0.2) is 0 Å². The zero-order valence-corrected chi connectivity index (χ0v) is 14.9. The molecule has 0 saturated carbocycles. The van der Waals surface area contributed by atoms with Crippen molar-refractivity contribution < 1.29 is 4.79 Å². The molecule has 27 heavy (non-hydrogen) atoms. The molecule has 0 spiro atoms. The second-order valence-electron chi connectivity index (χ2n) is 6.43. The summed E-state index contributed by atoms with van der Waals surface area (Å²) in [6.45, 7) is 2.05. The molecule has 8 heteroatoms. The molecule has 1 aromatic heterocycles. The highest BCUT2D eigenvalue weighted by Gasteiger charge is 2.18. The van der Waals surface area contributed by atoms with Gasteiger partial charge in [0.15, 0.2) is 0 Å². The van der Waals surface area contributed by atoms with Gasteiger partial charge in [-0.15, -0.1) is 5.10 Å². The van der Waals surface area contributed by atoms with Crippen molar-refractivity contribution in [2.75, 3.05) is 31.2 Å². The minimum absolute atomic E-state index is 0.130. The van der Waals surface area contributed by atoms with Crippen LogP contribution in [0.1, 0.15) is 21.8 Å². The smallest absolute Gasteiger partial charge is 0.251 e. The van der Waals surface area contributed by atoms with Gasteiger partial charge in [0, 0.05) is 37.3 Å². The quantitative estimate of drug-likeness (QED) is 0.549. The number of anilines is 3. The number of nitrogen functional groups attached to an aromatic ring is 1. The van der Waals surface area contributed by atoms with Crippen LogP contribution in [0, 0.1) is 0 Å². The molecule has 0 atom stereocenters. The Balaban J connectivity index is 1.50. The molecule has 138 valence electrons. The molecular formula is C19H21N7O. The van der Waals surface area contributed by atoms with Crippen LogP contribution in [0.3, 0.4) is 0 Å². The second kappa shape index (κ2) is 7.08. The summed E-state index contributed by atoms with van der Waals surface area (Å²) in [5.41, 5.74) is 9.56. The number of nitrogens with zero attached hydrogens (tertiary/aromatic N) is 3. The van der Waals surface area contributed by atoms with Gasteiger partial charge in [-0.3, -0.25) is 4.79 Å². The number of nitrogens with two attached hydrogens (primary N) is 1. The van der Waals surface area contributed by atoms with Crippen LogP contribution in [0.25, 0.3) is 5.69 Å². The number of nitrogens with one attached hydrogen (secondary N) is 3. The van der Waals surface area contributed by atoms with Crippen LogP contribution in [-0.4, -0.2) is 40.8 Å². The topological polar surface area (TPSA) is 110 Å². The van der Waals surface area contributed by atoms with Gasteiger partial charge in [0.25, 0.3) is 5.91 Å². The highest BCUT2D eigenvalue weighted by molar-refractivity contribution is 5.94. The van der Waals surface area contributed by atoms with Crippen molar-refractivity contribution in [1.82, 2.24) is 25.4 Å². The lowest BCUT2D eigenvalue weighted by Crippen LogP contribution is -2.39. The third-order valence-corrected chi connectivity index (χ3v) is 4.65. The van der Waals surface area contributed by atoms with Crippen LogP contribution in [0.2, 0.25) is 0 Å². The summed E-state index contributed by atoms with van der Waals surface area (Å²) in [7, 11) is 1.60. The van der Waals surface area contributed by atoms with E-state index >= 15 is 0 Å². The Morgan fingerprint density at radius 2 is 1.85 bits per heavy atom. The number of carbonyl (C=O) groups is 1. The number of amides is 1. The lowest BCUT2D eigenvalue weighted by Gasteiger charge is -2.27. The average Bonchev–Trinajstić information content (AvgIpc) is 3.01. The normalized spacial score (nSPS) is 13.8. The predicted molar refractivity (Wildman–Crippen MR) is 104 cm³/mol. The zero-order chi connectivity index (χ0) is 18.8. The van der Waals surface area contributed by atoms with Gasteiger partial charge >= 0.3 is 0 Å². The molecule has 1 aliphatic heterocycles. The lowest BCUT2D eigenvalue weighted by molar-refractivity contribution is 0.0963. The summed E-state index contributed by atoms with van der Waals surface area (Å²) in [4.78, 5) is 15.9. The van der Waals surface area contributed by atoms with E-state index in [4.69, 9.17) is 5.73 Å². The van der Waals surface area contributed by atoms with Crippen LogP contribution in [-0.2, 0) is 0 Å². The minimum Gasteiger partial charge on any atom is -0.368 e. The fourth-order valence-corrected chi connectivity index (χ4v) is 2.96. The summed E-state index contributed by atoms with van der Waals surface area (Å²) >= 11 is 0. The maximum atomic E-state index is 11.6. The van der Waals surface area contributed by atoms with Crippen molar-refractivity contribution in [3.05, 3.63) is 59.7 Å². The summed E-state index contributed by atoms with van der Waals surface area (Å²) in [6.07, 6.45) is 0. The van der Waals surface area contributed by atoms with Gasteiger partial charge in [0.1, 0.15) is 0 Å². The van der Waals surface area contributed by atoms with Gasteiger partial charge in [-0.2, -0.15) is 9.67 Å². The Hall–Kier alpha value is -3.39. The van der Waals surface area contributed by atoms with Gasteiger partial charge in [-0.1, -0.05) is 12.1 Å². The van der Waals surface area contributed by atoms with E-state index in [-0.39, 0.29) is 5.91 Å². The van der Waals surface area contributed by atoms with E-state index in [9.17, 15) is 4.79 Å². The first-order chi connectivity index (χ1) is 13.1. The Kier molecular flexibility index (Phi) is 4.47. The van der Waals surface area contributed by atoms with Gasteiger partial charge < -0.3 is 21.7 Å². The number of rotatable bonds is 5. The highest BCUT2D eigenvalue weighted by Crippen LogP contribution is 2.23. The standard InChI is InChI=1S/C19H21N7O/c1-21-17(27)13-2-6-15(7-3-13)23-19-24-18(20)26(25-19)16-8-4-12(5-9-16)14-10-22-11-14/h2-9,14,22H,10-11H2,1H3,(H,21,27)(H3,20,23,24,25). The van der Waals surface area contributed by atoms with Crippen molar-refractivity contribution >= 4 is 23.5 Å². The van der Waals surface area contributed by atoms with Crippen molar-refractivity contribution in [3.8, 4) is 5.69 Å². The van der Waals surface area contributed by atoms with Crippen LogP contribution in [0.15, 0.2) is 48.5 Å². The lowest BCUT2D eigenvalue weighted by atomic mass is 9.94. The fraction of sp³-hybridized carbons (Fsp3) is 0.211. The SMILES string of the molecule is CNC(=O)c1ccc(Nc2nc(N)n(-c3ccc(C4CNC4)cc3)n2)cc1. The molecule has 2 aromatic carbocycles. The molecule has 4 rings (SSSR count). The molecule has 0 bridgehead atoms. The molecule has 8 nitrogen and oxygen atoms in total. The monoisotopic (exact) mass is 363 g/mol. The molecule has 0 unspecified atom stereocenters. The van der Waals surface area contributed by atoms with E-state index in [1.54, 1.807) is 36.0 Å². The van der Waals surface area contributed by atoms with Gasteiger partial charge in [-0.05, 0) is 42.0 Å². The Morgan fingerprint density at radius 1 is 1.15 bits per heavy atom. The van der Waals surface area contributed by atoms with E-state index in [0.29, 0.717) is 23.4 Å². The molecule has 1 saturated heterocycles. The fourth-order valence-electron chi connectivity index (χ4n) is 2.96. The first kappa shape index (κ1) is 17.0. The average molecular weight is 363 g/mol. The summed E-state index contributed by atoms with van der Waals surface area (Å²) in [5.74, 6) is 1.15. The van der Waals surface area contributed by atoms with Crippen molar-refractivity contribution in [2.24, 2.45) is 0 Å². The molecular weight excluding hydrogens is 342 g/mol. The van der Waals surface area contributed by atoms with E-state index in [0.717, 1.165) is 24.5 Å². The molecule has 1 amide bonds. The van der Waals surface area contributed by atoms with Crippen molar-refractivity contribution in [1.29, 1.82) is 0 Å². The Morgan fingerprint density at radius 3 is 2.44 bits per heavy atom. The third kappa shape index (κ3) is 3.47. The molecule has 1 aliphatic rings. The number of hydrogen-bond donors (Lipinski definition) is 4. The van der Waals surface area contributed by atoms with E-state index in [1.807, 2.05) is 12.1 Å². The van der Waals surface area contributed by atoms with E-state index in [2.05, 4.69) is 38.2 Å². The number of carbonyl (C=O) groups excluding carboxylic acids is 1. The first-order valence-corrected chi connectivity index (χ1v) is 8.77. The van der Waals surface area contributed by atoms with Gasteiger partial charge in [0.05, 0.1) is 5.69 Å². The summed E-state index contributed by atoms with van der Waals surface area (Å²) in [5, 5.41) is 13.4. The molecule has 0 aliphatic carbocycles. The van der Waals surface area contributed by atoms with Crippen LogP contribution >= 0.6 is 0 Å². The van der Waals surface area contributed by atoms with Gasteiger partial charge in [0.2, 0.25) is 11.9 Å². The maximum Gasteiger partial charge on any atom is 0.251 e. The van der Waals surface area contributed by atoms with Crippen LogP contribution in [0.4, 0.5) is 17.6 Å². The minimum atomic E-state index is -0.130. The Labute approximate surface area is 156 Å². The van der Waals surface area contributed by atoms with Crippen LogP contribution < -0.4 is 21.7 Å². The molecule has 0 radical (unpaired) electrons. The largest absolute Gasteiger partial charge is 0.368 e. The first-order valence-electron chi connectivity index (χ1n) is 8.77. The maximum absolute atomic E-state index is 11.6. The molecule has 2 heterocycles. The number of hydrogen-bond acceptors (Lipinski definition) is 6. The summed E-state index contributed by atoms with van der Waals surface area (Å²) < 4.78 is 1.60. The van der Waals surface area contributed by atoms with Crippen LogP contribution in [0.5, 0.6) is 0 Å². The second-order valence-corrected chi connectivity index (χ2v) is 6.43. The molecule has 5 N–H and O–H groups in total. The summed E-state index contributed by atoms with van der Waals surface area (Å²) in [6, 6.07) is 15.3.